The van der Waals surface area contributed by atoms with Crippen molar-refractivity contribution in [1.29, 1.82) is 0 Å². The van der Waals surface area contributed by atoms with Crippen LogP contribution >= 0.6 is 11.8 Å². The Kier molecular flexibility index (Phi) is 5.81. The maximum Gasteiger partial charge on any atom is 0.252 e. The monoisotopic (exact) mass is 300 g/mol. The number of rotatable bonds is 6. The number of thioether (sulfide) groups is 1. The number of carbonyl (C=O) groups excluding carboxylic acids is 1. The highest BCUT2D eigenvalue weighted by molar-refractivity contribution is 7.98. The van der Waals surface area contributed by atoms with Gasteiger partial charge in [-0.05, 0) is 31.5 Å². The fraction of sp³-hybridized carbons (Fsp3) is 0.294. The highest BCUT2D eigenvalue weighted by Gasteiger charge is 2.04. The summed E-state index contributed by atoms with van der Waals surface area (Å²) in [7, 11) is 0. The van der Waals surface area contributed by atoms with Crippen molar-refractivity contribution in [3.63, 3.8) is 0 Å². The number of nitrogens with one attached hydrogen (secondary N) is 1. The Morgan fingerprint density at radius 1 is 1.14 bits per heavy atom. The van der Waals surface area contributed by atoms with Crippen LogP contribution in [0.4, 0.5) is 0 Å². The van der Waals surface area contributed by atoms with E-state index in [0.29, 0.717) is 12.1 Å². The molecule has 1 heterocycles. The summed E-state index contributed by atoms with van der Waals surface area (Å²) in [5.41, 5.74) is 4.13. The molecular formula is C17H20N2OS. The third-order valence-electron chi connectivity index (χ3n) is 3.09. The fourth-order valence-electron chi connectivity index (χ4n) is 1.82. The summed E-state index contributed by atoms with van der Waals surface area (Å²) >= 11 is 1.82. The van der Waals surface area contributed by atoms with Gasteiger partial charge in [0.15, 0.2) is 0 Å². The Morgan fingerprint density at radius 3 is 2.57 bits per heavy atom. The fourth-order valence-corrected chi connectivity index (χ4v) is 2.63. The zero-order valence-electron chi connectivity index (χ0n) is 12.4. The molecule has 1 amide bonds. The molecule has 0 unspecified atom stereocenters. The summed E-state index contributed by atoms with van der Waals surface area (Å²) in [6.07, 6.45) is 1.62. The van der Waals surface area contributed by atoms with Crippen LogP contribution in [0.1, 0.15) is 27.2 Å². The molecule has 0 saturated carbocycles. The van der Waals surface area contributed by atoms with E-state index >= 15 is 0 Å². The largest absolute Gasteiger partial charge is 0.351 e. The summed E-state index contributed by atoms with van der Waals surface area (Å²) in [6, 6.07) is 12.2. The van der Waals surface area contributed by atoms with E-state index in [2.05, 4.69) is 41.5 Å². The topological polar surface area (TPSA) is 42.0 Å². The molecule has 0 aliphatic carbocycles. The molecule has 0 aliphatic heterocycles. The minimum atomic E-state index is -0.0570. The molecule has 0 fully saturated rings. The van der Waals surface area contributed by atoms with Crippen LogP contribution < -0.4 is 5.32 Å². The van der Waals surface area contributed by atoms with Crippen LogP contribution in [-0.4, -0.2) is 23.2 Å². The lowest BCUT2D eigenvalue weighted by molar-refractivity contribution is 0.0956. The quantitative estimate of drug-likeness (QED) is 0.832. The van der Waals surface area contributed by atoms with Crippen LogP contribution in [0.25, 0.3) is 0 Å². The number of aryl methyl sites for hydroxylation is 2. The van der Waals surface area contributed by atoms with Crippen LogP contribution in [0.15, 0.2) is 42.6 Å². The van der Waals surface area contributed by atoms with Gasteiger partial charge in [0.2, 0.25) is 0 Å². The molecule has 0 saturated heterocycles. The second kappa shape index (κ2) is 7.84. The Labute approximate surface area is 130 Å². The molecular weight excluding hydrogens is 280 g/mol. The van der Waals surface area contributed by atoms with E-state index in [1.807, 2.05) is 24.8 Å². The Bertz CT molecular complexity index is 579. The maximum absolute atomic E-state index is 11.9. The van der Waals surface area contributed by atoms with Crippen LogP contribution in [0.5, 0.6) is 0 Å². The van der Waals surface area contributed by atoms with E-state index in [1.54, 1.807) is 12.3 Å². The second-order valence-corrected chi connectivity index (χ2v) is 6.09. The number of hydrogen-bond acceptors (Lipinski definition) is 3. The summed E-state index contributed by atoms with van der Waals surface area (Å²) in [5.74, 6) is 1.82. The zero-order chi connectivity index (χ0) is 15.1. The number of pyridine rings is 1. The van der Waals surface area contributed by atoms with Crippen LogP contribution in [-0.2, 0) is 5.75 Å². The van der Waals surface area contributed by atoms with Gasteiger partial charge in [0.1, 0.15) is 0 Å². The van der Waals surface area contributed by atoms with Crippen molar-refractivity contribution in [2.45, 2.75) is 19.6 Å². The first kappa shape index (κ1) is 15.6. The van der Waals surface area contributed by atoms with Gasteiger partial charge in [0.05, 0.1) is 5.56 Å². The molecule has 0 aliphatic rings. The van der Waals surface area contributed by atoms with E-state index < -0.39 is 0 Å². The van der Waals surface area contributed by atoms with Gasteiger partial charge in [0, 0.05) is 29.9 Å². The lowest BCUT2D eigenvalue weighted by atomic mass is 10.2. The van der Waals surface area contributed by atoms with Crippen molar-refractivity contribution in [1.82, 2.24) is 10.3 Å². The maximum atomic E-state index is 11.9. The van der Waals surface area contributed by atoms with Gasteiger partial charge in [-0.2, -0.15) is 11.8 Å². The van der Waals surface area contributed by atoms with Crippen LogP contribution in [0, 0.1) is 13.8 Å². The van der Waals surface area contributed by atoms with Gasteiger partial charge < -0.3 is 5.32 Å². The number of benzene rings is 1. The molecule has 0 bridgehead atoms. The lowest BCUT2D eigenvalue weighted by Crippen LogP contribution is -2.25. The molecule has 110 valence electrons. The second-order valence-electron chi connectivity index (χ2n) is 4.98. The average Bonchev–Trinajstić information content (AvgIpc) is 2.49. The molecule has 4 heteroatoms. The SMILES string of the molecule is Cc1ccc(CSCCNC(=O)c2ccc(C)nc2)cc1. The first-order valence-corrected chi connectivity index (χ1v) is 8.15. The molecule has 1 N–H and O–H groups in total. The van der Waals surface area contributed by atoms with Crippen molar-refractivity contribution in [3.05, 3.63) is 65.0 Å². The molecule has 0 radical (unpaired) electrons. The van der Waals surface area contributed by atoms with Gasteiger partial charge in [-0.25, -0.2) is 0 Å². The first-order chi connectivity index (χ1) is 10.1. The van der Waals surface area contributed by atoms with Crippen molar-refractivity contribution < 1.29 is 4.79 Å². The van der Waals surface area contributed by atoms with Gasteiger partial charge in [-0.3, -0.25) is 9.78 Å². The number of hydrogen-bond donors (Lipinski definition) is 1. The third-order valence-corrected chi connectivity index (χ3v) is 4.13. The Morgan fingerprint density at radius 2 is 1.90 bits per heavy atom. The Hall–Kier alpha value is -1.81. The van der Waals surface area contributed by atoms with E-state index in [-0.39, 0.29) is 5.91 Å². The van der Waals surface area contributed by atoms with Crippen molar-refractivity contribution in [2.75, 3.05) is 12.3 Å². The van der Waals surface area contributed by atoms with Gasteiger partial charge in [0.25, 0.3) is 5.91 Å². The molecule has 2 rings (SSSR count). The molecule has 3 nitrogen and oxygen atoms in total. The molecule has 21 heavy (non-hydrogen) atoms. The third kappa shape index (κ3) is 5.23. The molecule has 1 aromatic heterocycles. The smallest absolute Gasteiger partial charge is 0.252 e. The minimum absolute atomic E-state index is 0.0570. The molecule has 1 aromatic carbocycles. The van der Waals surface area contributed by atoms with Crippen molar-refractivity contribution in [3.8, 4) is 0 Å². The number of nitrogens with zero attached hydrogens (tertiary/aromatic N) is 1. The van der Waals surface area contributed by atoms with Crippen LogP contribution in [0.2, 0.25) is 0 Å². The summed E-state index contributed by atoms with van der Waals surface area (Å²) in [4.78, 5) is 16.0. The number of aromatic nitrogens is 1. The number of amides is 1. The minimum Gasteiger partial charge on any atom is -0.351 e. The van der Waals surface area contributed by atoms with Gasteiger partial charge in [-0.1, -0.05) is 29.8 Å². The van der Waals surface area contributed by atoms with E-state index in [4.69, 9.17) is 0 Å². The summed E-state index contributed by atoms with van der Waals surface area (Å²) < 4.78 is 0. The Balaban J connectivity index is 1.66. The first-order valence-electron chi connectivity index (χ1n) is 6.99. The highest BCUT2D eigenvalue weighted by atomic mass is 32.2. The number of carbonyl (C=O) groups is 1. The predicted molar refractivity (Wildman–Crippen MR) is 88.6 cm³/mol. The van der Waals surface area contributed by atoms with Gasteiger partial charge in [-0.15, -0.1) is 0 Å². The standard InChI is InChI=1S/C17H20N2OS/c1-13-3-6-15(7-4-13)12-21-10-9-18-17(20)16-8-5-14(2)19-11-16/h3-8,11H,9-10,12H2,1-2H3,(H,18,20). The molecule has 2 aromatic rings. The highest BCUT2D eigenvalue weighted by Crippen LogP contribution is 2.12. The van der Waals surface area contributed by atoms with Gasteiger partial charge >= 0.3 is 0 Å². The average molecular weight is 300 g/mol. The van der Waals surface area contributed by atoms with E-state index in [0.717, 1.165) is 17.2 Å². The normalized spacial score (nSPS) is 10.4. The summed E-state index contributed by atoms with van der Waals surface area (Å²) in [5, 5.41) is 2.91. The predicted octanol–water partition coefficient (Wildman–Crippen LogP) is 3.36. The van der Waals surface area contributed by atoms with E-state index in [1.165, 1.54) is 11.1 Å². The molecule has 0 spiro atoms. The van der Waals surface area contributed by atoms with Crippen molar-refractivity contribution >= 4 is 17.7 Å². The molecule has 0 atom stereocenters. The van der Waals surface area contributed by atoms with Crippen LogP contribution in [0.3, 0.4) is 0 Å². The summed E-state index contributed by atoms with van der Waals surface area (Å²) in [6.45, 7) is 4.67. The lowest BCUT2D eigenvalue weighted by Gasteiger charge is -2.06. The zero-order valence-corrected chi connectivity index (χ0v) is 13.2. The van der Waals surface area contributed by atoms with Crippen molar-refractivity contribution in [2.24, 2.45) is 0 Å². The van der Waals surface area contributed by atoms with E-state index in [9.17, 15) is 4.79 Å².